The molecule has 0 saturated carbocycles. The van der Waals surface area contributed by atoms with Crippen molar-refractivity contribution < 1.29 is 22.4 Å². The Kier molecular flexibility index (Phi) is 5.46. The fraction of sp³-hybridized carbons (Fsp3) is 0.381. The normalized spacial score (nSPS) is 20.8. The van der Waals surface area contributed by atoms with Gasteiger partial charge < -0.3 is 4.42 Å². The molecule has 0 spiro atoms. The van der Waals surface area contributed by atoms with Crippen LogP contribution in [0.25, 0.3) is 0 Å². The summed E-state index contributed by atoms with van der Waals surface area (Å²) in [5, 5.41) is 5.53. The average molecular weight is 429 g/mol. The van der Waals surface area contributed by atoms with E-state index in [1.807, 2.05) is 31.2 Å². The molecular formula is C21H23N3O5S. The van der Waals surface area contributed by atoms with Crippen molar-refractivity contribution in [2.45, 2.75) is 38.8 Å². The molecule has 0 N–H and O–H groups in total. The van der Waals surface area contributed by atoms with Gasteiger partial charge in [0.15, 0.2) is 9.84 Å². The summed E-state index contributed by atoms with van der Waals surface area (Å²) in [6.07, 6.45) is 2.23. The van der Waals surface area contributed by atoms with E-state index in [2.05, 4.69) is 5.10 Å². The molecule has 4 rings (SSSR count). The molecule has 158 valence electrons. The van der Waals surface area contributed by atoms with Gasteiger partial charge in [-0.15, -0.1) is 0 Å². The number of hydrazone groups is 1. The predicted octanol–water partition coefficient (Wildman–Crippen LogP) is 2.29. The minimum Gasteiger partial charge on any atom is -0.467 e. The van der Waals surface area contributed by atoms with E-state index in [4.69, 9.17) is 4.42 Å². The third-order valence-electron chi connectivity index (χ3n) is 5.35. The number of sulfone groups is 1. The Bertz CT molecular complexity index is 1070. The van der Waals surface area contributed by atoms with E-state index in [1.54, 1.807) is 23.3 Å². The van der Waals surface area contributed by atoms with E-state index in [-0.39, 0.29) is 48.4 Å². The van der Waals surface area contributed by atoms with Gasteiger partial charge >= 0.3 is 0 Å². The Hall–Kier alpha value is -2.94. The van der Waals surface area contributed by atoms with Crippen LogP contribution in [0, 0.1) is 6.92 Å². The van der Waals surface area contributed by atoms with Crippen LogP contribution in [-0.2, 0) is 26.0 Å². The molecule has 0 radical (unpaired) electrons. The molecule has 2 aliphatic heterocycles. The topological polar surface area (TPSA) is 100 Å². The molecule has 1 aromatic heterocycles. The molecule has 0 aliphatic carbocycles. The van der Waals surface area contributed by atoms with Gasteiger partial charge in [0.05, 0.1) is 30.4 Å². The van der Waals surface area contributed by atoms with Crippen molar-refractivity contribution in [3.05, 3.63) is 54.0 Å². The van der Waals surface area contributed by atoms with Gasteiger partial charge in [0.1, 0.15) is 11.5 Å². The molecule has 1 aromatic carbocycles. The first-order valence-corrected chi connectivity index (χ1v) is 11.7. The lowest BCUT2D eigenvalue weighted by Gasteiger charge is -2.29. The number of rotatable bonds is 5. The van der Waals surface area contributed by atoms with Crippen molar-refractivity contribution in [1.29, 1.82) is 0 Å². The zero-order valence-corrected chi connectivity index (χ0v) is 17.5. The van der Waals surface area contributed by atoms with Crippen LogP contribution >= 0.6 is 0 Å². The fourth-order valence-corrected chi connectivity index (χ4v) is 5.39. The van der Waals surface area contributed by atoms with E-state index >= 15 is 0 Å². The Morgan fingerprint density at radius 3 is 2.63 bits per heavy atom. The Morgan fingerprint density at radius 1 is 1.23 bits per heavy atom. The number of carbonyl (C=O) groups excluding carboxylic acids is 2. The molecule has 3 heterocycles. The number of benzene rings is 1. The van der Waals surface area contributed by atoms with Gasteiger partial charge in [-0.05, 0) is 37.6 Å². The minimum absolute atomic E-state index is 0.0359. The first-order chi connectivity index (χ1) is 14.3. The number of anilines is 1. The monoisotopic (exact) mass is 429 g/mol. The van der Waals surface area contributed by atoms with Crippen LogP contribution in [0.1, 0.15) is 30.6 Å². The van der Waals surface area contributed by atoms with Crippen molar-refractivity contribution in [2.24, 2.45) is 5.10 Å². The molecule has 1 atom stereocenters. The van der Waals surface area contributed by atoms with E-state index in [0.29, 0.717) is 17.9 Å². The Balaban J connectivity index is 1.63. The summed E-state index contributed by atoms with van der Waals surface area (Å²) in [6, 6.07) is 10.6. The maximum atomic E-state index is 13.4. The minimum atomic E-state index is -3.17. The van der Waals surface area contributed by atoms with Crippen molar-refractivity contribution in [3.8, 4) is 0 Å². The molecule has 8 nitrogen and oxygen atoms in total. The van der Waals surface area contributed by atoms with Gasteiger partial charge in [0, 0.05) is 18.5 Å². The second-order valence-corrected chi connectivity index (χ2v) is 9.88. The number of aryl methyl sites for hydroxylation is 1. The summed E-state index contributed by atoms with van der Waals surface area (Å²) in [5.74, 6) is -0.0308. The summed E-state index contributed by atoms with van der Waals surface area (Å²) in [6.45, 7) is 2.19. The Morgan fingerprint density at radius 2 is 2.00 bits per heavy atom. The van der Waals surface area contributed by atoms with Crippen molar-refractivity contribution in [3.63, 3.8) is 0 Å². The van der Waals surface area contributed by atoms with Gasteiger partial charge in [-0.1, -0.05) is 17.7 Å². The number of carbonyl (C=O) groups is 2. The zero-order chi connectivity index (χ0) is 21.3. The lowest BCUT2D eigenvalue weighted by atomic mass is 10.1. The highest BCUT2D eigenvalue weighted by molar-refractivity contribution is 7.91. The summed E-state index contributed by atoms with van der Waals surface area (Å²) < 4.78 is 29.1. The molecule has 1 fully saturated rings. The average Bonchev–Trinajstić information content (AvgIpc) is 3.36. The summed E-state index contributed by atoms with van der Waals surface area (Å²) in [4.78, 5) is 27.3. The maximum Gasteiger partial charge on any atom is 0.274 e. The highest BCUT2D eigenvalue weighted by Gasteiger charge is 2.38. The van der Waals surface area contributed by atoms with Crippen LogP contribution in [0.3, 0.4) is 0 Å². The van der Waals surface area contributed by atoms with Crippen LogP contribution in [0.5, 0.6) is 0 Å². The SMILES string of the molecule is Cc1ccc(N(Cc2ccco2)C(=O)C2=NN(C3CCS(=O)(=O)C3)C(=O)CC2)cc1. The van der Waals surface area contributed by atoms with Crippen LogP contribution in [0.4, 0.5) is 5.69 Å². The fourth-order valence-electron chi connectivity index (χ4n) is 3.70. The number of nitrogens with zero attached hydrogens (tertiary/aromatic N) is 3. The van der Waals surface area contributed by atoms with E-state index in [1.165, 1.54) is 5.01 Å². The van der Waals surface area contributed by atoms with Crippen LogP contribution < -0.4 is 4.90 Å². The van der Waals surface area contributed by atoms with E-state index in [0.717, 1.165) is 5.56 Å². The summed E-state index contributed by atoms with van der Waals surface area (Å²) in [7, 11) is -3.17. The van der Waals surface area contributed by atoms with Crippen molar-refractivity contribution >= 4 is 33.1 Å². The lowest BCUT2D eigenvalue weighted by Crippen LogP contribution is -2.45. The van der Waals surface area contributed by atoms with Crippen LogP contribution in [-0.4, -0.2) is 48.5 Å². The van der Waals surface area contributed by atoms with E-state index in [9.17, 15) is 18.0 Å². The van der Waals surface area contributed by atoms with Gasteiger partial charge in [0.25, 0.3) is 5.91 Å². The highest BCUT2D eigenvalue weighted by atomic mass is 32.2. The quantitative estimate of drug-likeness (QED) is 0.726. The largest absolute Gasteiger partial charge is 0.467 e. The second kappa shape index (κ2) is 8.06. The van der Waals surface area contributed by atoms with Gasteiger partial charge in [-0.2, -0.15) is 5.10 Å². The third-order valence-corrected chi connectivity index (χ3v) is 7.10. The standard InChI is InChI=1S/C21H23N3O5S/c1-15-4-6-16(7-5-15)23(13-18-3-2-11-29-18)21(26)19-8-9-20(25)24(22-19)17-10-12-30(27,28)14-17/h2-7,11,17H,8-10,12-14H2,1H3. The molecular weight excluding hydrogens is 406 g/mol. The third kappa shape index (κ3) is 4.30. The number of hydrogen-bond donors (Lipinski definition) is 0. The molecule has 9 heteroatoms. The summed E-state index contributed by atoms with van der Waals surface area (Å²) >= 11 is 0. The summed E-state index contributed by atoms with van der Waals surface area (Å²) in [5.41, 5.74) is 2.00. The molecule has 1 unspecified atom stereocenters. The molecule has 2 amide bonds. The highest BCUT2D eigenvalue weighted by Crippen LogP contribution is 2.25. The first kappa shape index (κ1) is 20.3. The second-order valence-electron chi connectivity index (χ2n) is 7.65. The maximum absolute atomic E-state index is 13.4. The molecule has 2 aromatic rings. The molecule has 1 saturated heterocycles. The van der Waals surface area contributed by atoms with Gasteiger partial charge in [-0.25, -0.2) is 13.4 Å². The van der Waals surface area contributed by atoms with Crippen molar-refractivity contribution in [2.75, 3.05) is 16.4 Å². The molecule has 30 heavy (non-hydrogen) atoms. The zero-order valence-electron chi connectivity index (χ0n) is 16.7. The number of hydrogen-bond acceptors (Lipinski definition) is 6. The predicted molar refractivity (Wildman–Crippen MR) is 112 cm³/mol. The smallest absolute Gasteiger partial charge is 0.274 e. The number of amides is 2. The molecule has 0 bridgehead atoms. The number of furan rings is 1. The van der Waals surface area contributed by atoms with Gasteiger partial charge in [0.2, 0.25) is 5.91 Å². The van der Waals surface area contributed by atoms with Gasteiger partial charge in [-0.3, -0.25) is 14.5 Å². The first-order valence-electron chi connectivity index (χ1n) is 9.83. The van der Waals surface area contributed by atoms with Crippen molar-refractivity contribution in [1.82, 2.24) is 5.01 Å². The van der Waals surface area contributed by atoms with Crippen LogP contribution in [0.15, 0.2) is 52.2 Å². The van der Waals surface area contributed by atoms with Crippen LogP contribution in [0.2, 0.25) is 0 Å². The lowest BCUT2D eigenvalue weighted by molar-refractivity contribution is -0.133. The van der Waals surface area contributed by atoms with E-state index < -0.39 is 15.9 Å². The molecule has 2 aliphatic rings. The Labute approximate surface area is 175 Å².